The normalized spacial score (nSPS) is 20.2. The molecule has 1 saturated heterocycles. The molecule has 1 aromatic carbocycles. The summed E-state index contributed by atoms with van der Waals surface area (Å²) in [6.45, 7) is 8.90. The molecular formula is C17H23N3O2. The van der Waals surface area contributed by atoms with Gasteiger partial charge >= 0.3 is 0 Å². The van der Waals surface area contributed by atoms with Crippen LogP contribution in [-0.2, 0) is 11.3 Å². The Labute approximate surface area is 131 Å². The van der Waals surface area contributed by atoms with Crippen LogP contribution < -0.4 is 0 Å². The first-order valence-electron chi connectivity index (χ1n) is 8.02. The zero-order valence-corrected chi connectivity index (χ0v) is 13.3. The maximum absolute atomic E-state index is 12.7. The molecule has 2 aliphatic heterocycles. The average Bonchev–Trinajstić information content (AvgIpc) is 2.91. The second-order valence-corrected chi connectivity index (χ2v) is 6.03. The first-order valence-corrected chi connectivity index (χ1v) is 8.02. The zero-order chi connectivity index (χ0) is 15.7. The molecule has 5 nitrogen and oxygen atoms in total. The maximum atomic E-state index is 12.7. The SMILES string of the molecule is CCN1CCN(C(=O)[C@@H](C)N2Cc3ccccc3C2=O)CC1. The number of carbonyl (C=O) groups excluding carboxylic acids is 2. The molecule has 0 spiro atoms. The van der Waals surface area contributed by atoms with Gasteiger partial charge in [-0.15, -0.1) is 0 Å². The Balaban J connectivity index is 1.66. The third-order valence-corrected chi connectivity index (χ3v) is 4.81. The van der Waals surface area contributed by atoms with E-state index in [1.165, 1.54) is 0 Å². The van der Waals surface area contributed by atoms with Crippen LogP contribution in [0.25, 0.3) is 0 Å². The smallest absolute Gasteiger partial charge is 0.255 e. The van der Waals surface area contributed by atoms with Gasteiger partial charge in [0.1, 0.15) is 6.04 Å². The fourth-order valence-electron chi connectivity index (χ4n) is 3.27. The summed E-state index contributed by atoms with van der Waals surface area (Å²) >= 11 is 0. The number of piperazine rings is 1. The van der Waals surface area contributed by atoms with Crippen molar-refractivity contribution in [1.29, 1.82) is 0 Å². The van der Waals surface area contributed by atoms with E-state index in [1.54, 1.807) is 4.90 Å². The van der Waals surface area contributed by atoms with Crippen LogP contribution in [0.1, 0.15) is 29.8 Å². The van der Waals surface area contributed by atoms with Crippen molar-refractivity contribution in [1.82, 2.24) is 14.7 Å². The fraction of sp³-hybridized carbons (Fsp3) is 0.529. The Hall–Kier alpha value is -1.88. The van der Waals surface area contributed by atoms with E-state index in [-0.39, 0.29) is 11.8 Å². The van der Waals surface area contributed by atoms with Gasteiger partial charge in [0.05, 0.1) is 0 Å². The van der Waals surface area contributed by atoms with Crippen molar-refractivity contribution in [3.63, 3.8) is 0 Å². The minimum absolute atomic E-state index is 0.0244. The van der Waals surface area contributed by atoms with Crippen LogP contribution in [0.2, 0.25) is 0 Å². The van der Waals surface area contributed by atoms with Crippen molar-refractivity contribution in [2.75, 3.05) is 32.7 Å². The third kappa shape index (κ3) is 2.61. The fourth-order valence-corrected chi connectivity index (χ4v) is 3.27. The summed E-state index contributed by atoms with van der Waals surface area (Å²) in [6.07, 6.45) is 0. The van der Waals surface area contributed by atoms with Crippen LogP contribution in [-0.4, -0.2) is 65.3 Å². The molecule has 2 amide bonds. The van der Waals surface area contributed by atoms with Crippen molar-refractivity contribution in [3.05, 3.63) is 35.4 Å². The summed E-state index contributed by atoms with van der Waals surface area (Å²) in [5.74, 6) is 0.0422. The van der Waals surface area contributed by atoms with E-state index >= 15 is 0 Å². The molecule has 0 aromatic heterocycles. The molecule has 1 atom stereocenters. The molecule has 1 aromatic rings. The van der Waals surface area contributed by atoms with E-state index in [0.29, 0.717) is 6.54 Å². The molecule has 5 heteroatoms. The lowest BCUT2D eigenvalue weighted by atomic mass is 10.1. The van der Waals surface area contributed by atoms with Gasteiger partial charge in [0, 0.05) is 38.3 Å². The number of likely N-dealkylation sites (N-methyl/N-ethyl adjacent to an activating group) is 1. The van der Waals surface area contributed by atoms with Gasteiger partial charge in [-0.05, 0) is 25.1 Å². The van der Waals surface area contributed by atoms with Crippen molar-refractivity contribution >= 4 is 11.8 Å². The van der Waals surface area contributed by atoms with Crippen molar-refractivity contribution in [3.8, 4) is 0 Å². The molecule has 22 heavy (non-hydrogen) atoms. The Kier molecular flexibility index (Phi) is 4.16. The van der Waals surface area contributed by atoms with Gasteiger partial charge in [0.15, 0.2) is 0 Å². The summed E-state index contributed by atoms with van der Waals surface area (Å²) in [6, 6.07) is 7.22. The largest absolute Gasteiger partial charge is 0.338 e. The standard InChI is InChI=1S/C17H23N3O2/c1-3-18-8-10-19(11-9-18)16(21)13(2)20-12-14-6-4-5-7-15(14)17(20)22/h4-7,13H,3,8-12H2,1-2H3/t13-/m1/s1. The number of rotatable bonds is 3. The molecule has 1 fully saturated rings. The predicted octanol–water partition coefficient (Wildman–Crippen LogP) is 1.19. The monoisotopic (exact) mass is 301 g/mol. The summed E-state index contributed by atoms with van der Waals surface area (Å²) in [5, 5.41) is 0. The molecule has 3 rings (SSSR count). The van der Waals surface area contributed by atoms with E-state index in [1.807, 2.05) is 36.1 Å². The Bertz CT molecular complexity index is 579. The minimum Gasteiger partial charge on any atom is -0.338 e. The van der Waals surface area contributed by atoms with E-state index in [2.05, 4.69) is 11.8 Å². The van der Waals surface area contributed by atoms with Gasteiger partial charge in [0.2, 0.25) is 5.91 Å². The van der Waals surface area contributed by atoms with Crippen LogP contribution in [0.15, 0.2) is 24.3 Å². The lowest BCUT2D eigenvalue weighted by molar-refractivity contribution is -0.137. The van der Waals surface area contributed by atoms with Gasteiger partial charge in [-0.1, -0.05) is 25.1 Å². The van der Waals surface area contributed by atoms with E-state index in [9.17, 15) is 9.59 Å². The number of nitrogens with zero attached hydrogens (tertiary/aromatic N) is 3. The number of hydrogen-bond donors (Lipinski definition) is 0. The quantitative estimate of drug-likeness (QED) is 0.842. The van der Waals surface area contributed by atoms with Gasteiger partial charge in [-0.2, -0.15) is 0 Å². The predicted molar refractivity (Wildman–Crippen MR) is 84.5 cm³/mol. The summed E-state index contributed by atoms with van der Waals surface area (Å²) in [4.78, 5) is 31.1. The second-order valence-electron chi connectivity index (χ2n) is 6.03. The highest BCUT2D eigenvalue weighted by molar-refractivity contribution is 6.01. The summed E-state index contributed by atoms with van der Waals surface area (Å²) in [7, 11) is 0. The number of benzene rings is 1. The van der Waals surface area contributed by atoms with E-state index in [0.717, 1.165) is 43.9 Å². The molecule has 0 radical (unpaired) electrons. The maximum Gasteiger partial charge on any atom is 0.255 e. The van der Waals surface area contributed by atoms with Crippen LogP contribution in [0, 0.1) is 0 Å². The molecule has 0 saturated carbocycles. The first kappa shape index (κ1) is 15.0. The van der Waals surface area contributed by atoms with Crippen LogP contribution >= 0.6 is 0 Å². The zero-order valence-electron chi connectivity index (χ0n) is 13.3. The highest BCUT2D eigenvalue weighted by Gasteiger charge is 2.35. The lowest BCUT2D eigenvalue weighted by Crippen LogP contribution is -2.54. The highest BCUT2D eigenvalue weighted by atomic mass is 16.2. The minimum atomic E-state index is -0.395. The Morgan fingerprint density at radius 3 is 2.50 bits per heavy atom. The molecule has 2 heterocycles. The van der Waals surface area contributed by atoms with Crippen LogP contribution in [0.4, 0.5) is 0 Å². The summed E-state index contributed by atoms with van der Waals surface area (Å²) < 4.78 is 0. The molecular weight excluding hydrogens is 278 g/mol. The second kappa shape index (κ2) is 6.08. The topological polar surface area (TPSA) is 43.9 Å². The van der Waals surface area contributed by atoms with Crippen molar-refractivity contribution < 1.29 is 9.59 Å². The van der Waals surface area contributed by atoms with Gasteiger partial charge in [-0.3, -0.25) is 9.59 Å². The molecule has 2 aliphatic rings. The number of carbonyl (C=O) groups is 2. The third-order valence-electron chi connectivity index (χ3n) is 4.81. The lowest BCUT2D eigenvalue weighted by Gasteiger charge is -2.37. The van der Waals surface area contributed by atoms with Gasteiger partial charge < -0.3 is 14.7 Å². The van der Waals surface area contributed by atoms with Crippen LogP contribution in [0.3, 0.4) is 0 Å². The van der Waals surface area contributed by atoms with Crippen molar-refractivity contribution in [2.45, 2.75) is 26.4 Å². The Morgan fingerprint density at radius 2 is 1.86 bits per heavy atom. The molecule has 118 valence electrons. The average molecular weight is 301 g/mol. The van der Waals surface area contributed by atoms with E-state index in [4.69, 9.17) is 0 Å². The number of hydrogen-bond acceptors (Lipinski definition) is 3. The highest BCUT2D eigenvalue weighted by Crippen LogP contribution is 2.25. The van der Waals surface area contributed by atoms with Crippen molar-refractivity contribution in [2.24, 2.45) is 0 Å². The first-order chi connectivity index (χ1) is 10.6. The molecule has 0 bridgehead atoms. The molecule has 0 unspecified atom stereocenters. The van der Waals surface area contributed by atoms with Crippen LogP contribution in [0.5, 0.6) is 0 Å². The van der Waals surface area contributed by atoms with Gasteiger partial charge in [0.25, 0.3) is 5.91 Å². The number of amides is 2. The van der Waals surface area contributed by atoms with E-state index < -0.39 is 6.04 Å². The Morgan fingerprint density at radius 1 is 1.18 bits per heavy atom. The number of fused-ring (bicyclic) bond motifs is 1. The molecule has 0 aliphatic carbocycles. The molecule has 0 N–H and O–H groups in total. The van der Waals surface area contributed by atoms with Gasteiger partial charge in [-0.25, -0.2) is 0 Å². The summed E-state index contributed by atoms with van der Waals surface area (Å²) in [5.41, 5.74) is 1.75.